The summed E-state index contributed by atoms with van der Waals surface area (Å²) in [6.45, 7) is 4.44. The first-order valence-electron chi connectivity index (χ1n) is 9.10. The van der Waals surface area contributed by atoms with E-state index in [1.165, 1.54) is 16.9 Å². The van der Waals surface area contributed by atoms with Gasteiger partial charge in [-0.15, -0.1) is 11.3 Å². The molecule has 0 spiro atoms. The molecule has 6 heteroatoms. The predicted molar refractivity (Wildman–Crippen MR) is 109 cm³/mol. The SMILES string of the molecule is Cc1ccc(-c2nc(CC(=O)NCCCN(C)Cc3ccccc3)cs2)o1. The van der Waals surface area contributed by atoms with E-state index in [0.717, 1.165) is 41.7 Å². The van der Waals surface area contributed by atoms with Gasteiger partial charge in [-0.25, -0.2) is 4.98 Å². The van der Waals surface area contributed by atoms with Crippen molar-refractivity contribution < 1.29 is 9.21 Å². The van der Waals surface area contributed by atoms with Gasteiger partial charge in [0.2, 0.25) is 5.91 Å². The van der Waals surface area contributed by atoms with E-state index >= 15 is 0 Å². The summed E-state index contributed by atoms with van der Waals surface area (Å²) in [6.07, 6.45) is 1.22. The van der Waals surface area contributed by atoms with Gasteiger partial charge in [0.15, 0.2) is 10.8 Å². The lowest BCUT2D eigenvalue weighted by Crippen LogP contribution is -2.29. The van der Waals surface area contributed by atoms with E-state index in [2.05, 4.69) is 46.5 Å². The Morgan fingerprint density at radius 1 is 1.22 bits per heavy atom. The van der Waals surface area contributed by atoms with E-state index in [0.29, 0.717) is 13.0 Å². The summed E-state index contributed by atoms with van der Waals surface area (Å²) in [5.74, 6) is 1.62. The van der Waals surface area contributed by atoms with Gasteiger partial charge in [-0.1, -0.05) is 30.3 Å². The molecule has 0 aliphatic carbocycles. The number of hydrogen-bond acceptors (Lipinski definition) is 5. The van der Waals surface area contributed by atoms with Crippen LogP contribution in [-0.4, -0.2) is 35.9 Å². The molecule has 0 bridgehead atoms. The second-order valence-electron chi connectivity index (χ2n) is 6.66. The fraction of sp³-hybridized carbons (Fsp3) is 0.333. The number of carbonyl (C=O) groups is 1. The Kier molecular flexibility index (Phi) is 6.79. The van der Waals surface area contributed by atoms with Crippen molar-refractivity contribution in [3.05, 3.63) is 64.9 Å². The number of amides is 1. The second-order valence-corrected chi connectivity index (χ2v) is 7.52. The monoisotopic (exact) mass is 383 g/mol. The lowest BCUT2D eigenvalue weighted by Gasteiger charge is -2.16. The molecule has 0 saturated carbocycles. The van der Waals surface area contributed by atoms with E-state index in [-0.39, 0.29) is 5.91 Å². The normalized spacial score (nSPS) is 11.1. The molecule has 5 nitrogen and oxygen atoms in total. The lowest BCUT2D eigenvalue weighted by molar-refractivity contribution is -0.120. The zero-order chi connectivity index (χ0) is 19.1. The first kappa shape index (κ1) is 19.3. The zero-order valence-corrected chi connectivity index (χ0v) is 16.6. The third-order valence-corrected chi connectivity index (χ3v) is 5.08. The minimum Gasteiger partial charge on any atom is -0.459 e. The molecule has 1 aromatic carbocycles. The van der Waals surface area contributed by atoms with Gasteiger partial charge in [0, 0.05) is 18.5 Å². The van der Waals surface area contributed by atoms with Gasteiger partial charge in [0.1, 0.15) is 5.76 Å². The average Bonchev–Trinajstić information content (AvgIpc) is 3.28. The summed E-state index contributed by atoms with van der Waals surface area (Å²) in [5, 5.41) is 5.71. The predicted octanol–water partition coefficient (Wildman–Crippen LogP) is 3.89. The third-order valence-electron chi connectivity index (χ3n) is 4.18. The Labute approximate surface area is 164 Å². The van der Waals surface area contributed by atoms with E-state index in [9.17, 15) is 4.79 Å². The molecule has 0 saturated heterocycles. The molecule has 0 aliphatic heterocycles. The number of carbonyl (C=O) groups excluding carboxylic acids is 1. The third kappa shape index (κ3) is 6.05. The Hall–Kier alpha value is -2.44. The highest BCUT2D eigenvalue weighted by atomic mass is 32.1. The van der Waals surface area contributed by atoms with Crippen molar-refractivity contribution in [2.24, 2.45) is 0 Å². The van der Waals surface area contributed by atoms with Crippen LogP contribution in [0.3, 0.4) is 0 Å². The maximum absolute atomic E-state index is 12.1. The summed E-state index contributed by atoms with van der Waals surface area (Å²) in [5.41, 5.74) is 2.08. The Morgan fingerprint density at radius 2 is 2.04 bits per heavy atom. The number of hydrogen-bond donors (Lipinski definition) is 1. The minimum absolute atomic E-state index is 0.00758. The van der Waals surface area contributed by atoms with Gasteiger partial charge < -0.3 is 14.6 Å². The smallest absolute Gasteiger partial charge is 0.226 e. The summed E-state index contributed by atoms with van der Waals surface area (Å²) in [6, 6.07) is 14.2. The van der Waals surface area contributed by atoms with Gasteiger partial charge in [0.25, 0.3) is 0 Å². The summed E-state index contributed by atoms with van der Waals surface area (Å²) in [4.78, 5) is 18.9. The van der Waals surface area contributed by atoms with Gasteiger partial charge in [0.05, 0.1) is 12.1 Å². The number of furan rings is 1. The van der Waals surface area contributed by atoms with Crippen LogP contribution in [0.4, 0.5) is 0 Å². The number of thiazole rings is 1. The Balaban J connectivity index is 1.36. The van der Waals surface area contributed by atoms with Crippen LogP contribution in [0.5, 0.6) is 0 Å². The molecule has 0 fully saturated rings. The van der Waals surface area contributed by atoms with Crippen LogP contribution in [0.2, 0.25) is 0 Å². The number of aromatic nitrogens is 1. The average molecular weight is 384 g/mol. The van der Waals surface area contributed by atoms with Crippen LogP contribution in [-0.2, 0) is 17.8 Å². The molecule has 0 aliphatic rings. The van der Waals surface area contributed by atoms with Crippen LogP contribution in [0.15, 0.2) is 52.3 Å². The van der Waals surface area contributed by atoms with Crippen LogP contribution in [0.1, 0.15) is 23.4 Å². The molecule has 0 unspecified atom stereocenters. The van der Waals surface area contributed by atoms with Crippen molar-refractivity contribution in [2.75, 3.05) is 20.1 Å². The maximum atomic E-state index is 12.1. The fourth-order valence-electron chi connectivity index (χ4n) is 2.83. The van der Waals surface area contributed by atoms with Crippen molar-refractivity contribution in [2.45, 2.75) is 26.3 Å². The molecule has 1 amide bonds. The van der Waals surface area contributed by atoms with Gasteiger partial charge in [-0.2, -0.15) is 0 Å². The van der Waals surface area contributed by atoms with Crippen LogP contribution < -0.4 is 5.32 Å². The highest BCUT2D eigenvalue weighted by Crippen LogP contribution is 2.25. The highest BCUT2D eigenvalue weighted by Gasteiger charge is 2.11. The van der Waals surface area contributed by atoms with Crippen LogP contribution >= 0.6 is 11.3 Å². The quantitative estimate of drug-likeness (QED) is 0.570. The largest absolute Gasteiger partial charge is 0.459 e. The maximum Gasteiger partial charge on any atom is 0.226 e. The fourth-order valence-corrected chi connectivity index (χ4v) is 3.61. The van der Waals surface area contributed by atoms with E-state index in [4.69, 9.17) is 4.42 Å². The molecule has 27 heavy (non-hydrogen) atoms. The minimum atomic E-state index is 0.00758. The van der Waals surface area contributed by atoms with Gasteiger partial charge in [-0.05, 0) is 44.6 Å². The Morgan fingerprint density at radius 3 is 2.78 bits per heavy atom. The first-order valence-corrected chi connectivity index (χ1v) is 9.98. The van der Waals surface area contributed by atoms with Crippen LogP contribution in [0, 0.1) is 6.92 Å². The molecule has 2 aromatic heterocycles. The summed E-state index contributed by atoms with van der Waals surface area (Å²) in [7, 11) is 2.10. The van der Waals surface area contributed by atoms with Crippen molar-refractivity contribution in [1.29, 1.82) is 0 Å². The topological polar surface area (TPSA) is 58.4 Å². The van der Waals surface area contributed by atoms with E-state index < -0.39 is 0 Å². The number of nitrogens with one attached hydrogen (secondary N) is 1. The molecule has 0 atom stereocenters. The molecular weight excluding hydrogens is 358 g/mol. The molecule has 3 aromatic rings. The van der Waals surface area contributed by atoms with E-state index in [1.54, 1.807) is 0 Å². The summed E-state index contributed by atoms with van der Waals surface area (Å²) >= 11 is 1.50. The molecular formula is C21H25N3O2S. The van der Waals surface area contributed by atoms with Gasteiger partial charge in [-0.3, -0.25) is 4.79 Å². The number of rotatable bonds is 9. The molecule has 3 rings (SSSR count). The van der Waals surface area contributed by atoms with Crippen LogP contribution in [0.25, 0.3) is 10.8 Å². The van der Waals surface area contributed by atoms with Crippen molar-refractivity contribution >= 4 is 17.2 Å². The second kappa shape index (κ2) is 9.48. The Bertz CT molecular complexity index is 857. The standard InChI is InChI=1S/C21H25N3O2S/c1-16-9-10-19(26-16)21-23-18(15-27-21)13-20(25)22-11-6-12-24(2)14-17-7-4-3-5-8-17/h3-5,7-10,15H,6,11-14H2,1-2H3,(H,22,25). The molecule has 142 valence electrons. The van der Waals surface area contributed by atoms with Gasteiger partial charge >= 0.3 is 0 Å². The summed E-state index contributed by atoms with van der Waals surface area (Å²) < 4.78 is 5.57. The van der Waals surface area contributed by atoms with Crippen molar-refractivity contribution in [3.8, 4) is 10.8 Å². The lowest BCUT2D eigenvalue weighted by atomic mass is 10.2. The molecule has 1 N–H and O–H groups in total. The zero-order valence-electron chi connectivity index (χ0n) is 15.8. The number of benzene rings is 1. The molecule has 2 heterocycles. The van der Waals surface area contributed by atoms with E-state index in [1.807, 2.05) is 30.5 Å². The first-order chi connectivity index (χ1) is 13.1. The number of aryl methyl sites for hydroxylation is 1. The molecule has 0 radical (unpaired) electrons. The number of nitrogens with zero attached hydrogens (tertiary/aromatic N) is 2. The highest BCUT2D eigenvalue weighted by molar-refractivity contribution is 7.13. The van der Waals surface area contributed by atoms with Crippen molar-refractivity contribution in [3.63, 3.8) is 0 Å². The van der Waals surface area contributed by atoms with Crippen molar-refractivity contribution in [1.82, 2.24) is 15.2 Å².